The minimum Gasteiger partial charge on any atom is -0.398 e. The maximum Gasteiger partial charge on any atom is 0.182 e. The molecule has 2 aromatic heterocycles. The van der Waals surface area contributed by atoms with Crippen LogP contribution in [0.5, 0.6) is 0 Å². The van der Waals surface area contributed by atoms with Gasteiger partial charge in [-0.1, -0.05) is 12.1 Å². The van der Waals surface area contributed by atoms with Crippen LogP contribution in [0.4, 0.5) is 11.5 Å². The van der Waals surface area contributed by atoms with Crippen LogP contribution < -0.4 is 11.1 Å². The minimum atomic E-state index is 0.608. The zero-order valence-electron chi connectivity index (χ0n) is 10.5. The predicted octanol–water partition coefficient (Wildman–Crippen LogP) is 1.86. The van der Waals surface area contributed by atoms with Crippen LogP contribution in [0.2, 0.25) is 0 Å². The molecule has 0 aliphatic heterocycles. The smallest absolute Gasteiger partial charge is 0.182 e. The average molecular weight is 254 g/mol. The Kier molecular flexibility index (Phi) is 2.75. The number of nitrogens with two attached hydrogens (primary N) is 1. The number of nitrogens with zero attached hydrogens (tertiary/aromatic N) is 3. The van der Waals surface area contributed by atoms with Crippen molar-refractivity contribution in [3.05, 3.63) is 42.0 Å². The number of imidazole rings is 1. The Morgan fingerprint density at radius 2 is 2.16 bits per heavy atom. The number of aromatic nitrogens is 4. The van der Waals surface area contributed by atoms with Crippen molar-refractivity contribution in [3.8, 4) is 0 Å². The second kappa shape index (κ2) is 4.56. The fourth-order valence-corrected chi connectivity index (χ4v) is 1.95. The van der Waals surface area contributed by atoms with Gasteiger partial charge in [0.05, 0.1) is 6.33 Å². The van der Waals surface area contributed by atoms with E-state index in [1.165, 1.54) is 6.33 Å². The number of rotatable bonds is 3. The van der Waals surface area contributed by atoms with Crippen LogP contribution in [-0.2, 0) is 6.54 Å². The number of nitrogens with one attached hydrogen (secondary N) is 2. The molecule has 19 heavy (non-hydrogen) atoms. The molecule has 6 nitrogen and oxygen atoms in total. The van der Waals surface area contributed by atoms with Gasteiger partial charge in [-0.25, -0.2) is 15.0 Å². The van der Waals surface area contributed by atoms with Crippen molar-refractivity contribution in [1.82, 2.24) is 19.9 Å². The number of hydrogen-bond acceptors (Lipinski definition) is 5. The van der Waals surface area contributed by atoms with Gasteiger partial charge in [-0.15, -0.1) is 0 Å². The van der Waals surface area contributed by atoms with Crippen LogP contribution >= 0.6 is 0 Å². The van der Waals surface area contributed by atoms with Gasteiger partial charge in [-0.3, -0.25) is 0 Å². The van der Waals surface area contributed by atoms with E-state index in [1.54, 1.807) is 6.33 Å². The van der Waals surface area contributed by atoms with E-state index < -0.39 is 0 Å². The second-order valence-electron chi connectivity index (χ2n) is 4.38. The Hall–Kier alpha value is -2.63. The summed E-state index contributed by atoms with van der Waals surface area (Å²) < 4.78 is 0. The van der Waals surface area contributed by atoms with Crippen LogP contribution in [0.25, 0.3) is 11.2 Å². The summed E-state index contributed by atoms with van der Waals surface area (Å²) >= 11 is 0. The van der Waals surface area contributed by atoms with E-state index in [0.29, 0.717) is 12.2 Å². The SMILES string of the molecule is Cc1ccc(CNc2ncnc3nc[nH]c23)c(N)c1. The zero-order valence-corrected chi connectivity index (χ0v) is 10.5. The summed E-state index contributed by atoms with van der Waals surface area (Å²) in [5.41, 5.74) is 10.4. The highest BCUT2D eigenvalue weighted by molar-refractivity contribution is 5.81. The number of fused-ring (bicyclic) bond motifs is 1. The van der Waals surface area contributed by atoms with Crippen molar-refractivity contribution in [2.75, 3.05) is 11.1 Å². The summed E-state index contributed by atoms with van der Waals surface area (Å²) in [6.07, 6.45) is 3.09. The van der Waals surface area contributed by atoms with Gasteiger partial charge in [-0.2, -0.15) is 0 Å². The van der Waals surface area contributed by atoms with Crippen molar-refractivity contribution in [1.29, 1.82) is 0 Å². The number of benzene rings is 1. The first-order valence-electron chi connectivity index (χ1n) is 5.97. The topological polar surface area (TPSA) is 92.5 Å². The van der Waals surface area contributed by atoms with Gasteiger partial charge in [0, 0.05) is 12.2 Å². The standard InChI is InChI=1S/C13H14N6/c1-8-2-3-9(10(14)4-8)5-15-12-11-13(17-6-16-11)19-7-18-12/h2-4,6-7H,5,14H2,1H3,(H2,15,16,17,18,19). The predicted molar refractivity (Wildman–Crippen MR) is 74.6 cm³/mol. The van der Waals surface area contributed by atoms with Crippen LogP contribution in [0.3, 0.4) is 0 Å². The Labute approximate surface area is 110 Å². The lowest BCUT2D eigenvalue weighted by Gasteiger charge is -2.09. The average Bonchev–Trinajstić information content (AvgIpc) is 2.86. The molecule has 0 spiro atoms. The third-order valence-electron chi connectivity index (χ3n) is 2.97. The third-order valence-corrected chi connectivity index (χ3v) is 2.97. The summed E-state index contributed by atoms with van der Waals surface area (Å²) in [6.45, 7) is 2.63. The molecule has 4 N–H and O–H groups in total. The van der Waals surface area contributed by atoms with Crippen molar-refractivity contribution >= 4 is 22.7 Å². The molecule has 0 bridgehead atoms. The minimum absolute atomic E-state index is 0.608. The molecule has 0 aliphatic carbocycles. The molecule has 0 radical (unpaired) electrons. The molecular formula is C13H14N6. The van der Waals surface area contributed by atoms with Gasteiger partial charge in [0.25, 0.3) is 0 Å². The second-order valence-corrected chi connectivity index (χ2v) is 4.38. The lowest BCUT2D eigenvalue weighted by atomic mass is 10.1. The van der Waals surface area contributed by atoms with Crippen LogP contribution in [-0.4, -0.2) is 19.9 Å². The van der Waals surface area contributed by atoms with Crippen LogP contribution in [0.15, 0.2) is 30.9 Å². The molecule has 2 heterocycles. The van der Waals surface area contributed by atoms with Crippen molar-refractivity contribution in [2.45, 2.75) is 13.5 Å². The van der Waals surface area contributed by atoms with Crippen LogP contribution in [0.1, 0.15) is 11.1 Å². The highest BCUT2D eigenvalue weighted by Gasteiger charge is 2.06. The van der Waals surface area contributed by atoms with Gasteiger partial charge in [0.2, 0.25) is 0 Å². The maximum atomic E-state index is 5.99. The molecule has 0 fully saturated rings. The van der Waals surface area contributed by atoms with Gasteiger partial charge in [0.15, 0.2) is 11.5 Å². The Morgan fingerprint density at radius 3 is 3.00 bits per heavy atom. The summed E-state index contributed by atoms with van der Waals surface area (Å²) in [6, 6.07) is 6.02. The maximum absolute atomic E-state index is 5.99. The lowest BCUT2D eigenvalue weighted by Crippen LogP contribution is -2.05. The third kappa shape index (κ3) is 2.20. The van der Waals surface area contributed by atoms with Gasteiger partial charge >= 0.3 is 0 Å². The number of hydrogen-bond donors (Lipinski definition) is 3. The first-order chi connectivity index (χ1) is 9.24. The number of aromatic amines is 1. The number of nitrogen functional groups attached to an aromatic ring is 1. The highest BCUT2D eigenvalue weighted by atomic mass is 15.1. The lowest BCUT2D eigenvalue weighted by molar-refractivity contribution is 1.10. The highest BCUT2D eigenvalue weighted by Crippen LogP contribution is 2.18. The molecule has 3 rings (SSSR count). The monoisotopic (exact) mass is 254 g/mol. The number of aryl methyl sites for hydroxylation is 1. The zero-order chi connectivity index (χ0) is 13.2. The molecule has 0 saturated heterocycles. The quantitative estimate of drug-likeness (QED) is 0.620. The fraction of sp³-hybridized carbons (Fsp3) is 0.154. The number of anilines is 2. The van der Waals surface area contributed by atoms with Crippen molar-refractivity contribution < 1.29 is 0 Å². The van der Waals surface area contributed by atoms with Gasteiger partial charge < -0.3 is 16.0 Å². The van der Waals surface area contributed by atoms with E-state index in [1.807, 2.05) is 25.1 Å². The largest absolute Gasteiger partial charge is 0.398 e. The van der Waals surface area contributed by atoms with Crippen LogP contribution in [0, 0.1) is 6.92 Å². The Balaban J connectivity index is 1.84. The number of H-pyrrole nitrogens is 1. The molecule has 0 atom stereocenters. The van der Waals surface area contributed by atoms with Gasteiger partial charge in [0.1, 0.15) is 11.8 Å². The Bertz CT molecular complexity index is 718. The summed E-state index contributed by atoms with van der Waals surface area (Å²) in [4.78, 5) is 15.4. The molecule has 0 amide bonds. The molecule has 0 aliphatic rings. The van der Waals surface area contributed by atoms with E-state index >= 15 is 0 Å². The van der Waals surface area contributed by atoms with E-state index in [-0.39, 0.29) is 0 Å². The molecule has 3 aromatic rings. The first-order valence-corrected chi connectivity index (χ1v) is 5.97. The normalized spacial score (nSPS) is 10.8. The van der Waals surface area contributed by atoms with E-state index in [0.717, 1.165) is 28.1 Å². The summed E-state index contributed by atoms with van der Waals surface area (Å²) in [7, 11) is 0. The molecule has 0 saturated carbocycles. The molecule has 0 unspecified atom stereocenters. The van der Waals surface area contributed by atoms with Crippen molar-refractivity contribution in [3.63, 3.8) is 0 Å². The molecule has 6 heteroatoms. The van der Waals surface area contributed by atoms with Crippen molar-refractivity contribution in [2.24, 2.45) is 0 Å². The van der Waals surface area contributed by atoms with E-state index in [9.17, 15) is 0 Å². The van der Waals surface area contributed by atoms with E-state index in [4.69, 9.17) is 5.73 Å². The van der Waals surface area contributed by atoms with Gasteiger partial charge in [-0.05, 0) is 24.1 Å². The molecular weight excluding hydrogens is 240 g/mol. The summed E-state index contributed by atoms with van der Waals surface area (Å²) in [5.74, 6) is 0.725. The summed E-state index contributed by atoms with van der Waals surface area (Å²) in [5, 5.41) is 3.25. The first kappa shape index (κ1) is 11.5. The molecule has 1 aromatic carbocycles. The van der Waals surface area contributed by atoms with E-state index in [2.05, 4.69) is 25.3 Å². The Morgan fingerprint density at radius 1 is 1.26 bits per heavy atom. The fourth-order valence-electron chi connectivity index (χ4n) is 1.95. The molecule has 96 valence electrons.